The number of nitrogens with zero attached hydrogens (tertiary/aromatic N) is 5. The molecule has 2 aliphatic heterocycles. The lowest BCUT2D eigenvalue weighted by atomic mass is 10.1. The summed E-state index contributed by atoms with van der Waals surface area (Å²) in [4.78, 5) is 31.1. The zero-order valence-electron chi connectivity index (χ0n) is 23.6. The summed E-state index contributed by atoms with van der Waals surface area (Å²) in [6.07, 6.45) is 1.42. The van der Waals surface area contributed by atoms with Crippen molar-refractivity contribution in [2.75, 3.05) is 43.0 Å². The van der Waals surface area contributed by atoms with Gasteiger partial charge >= 0.3 is 17.9 Å². The lowest BCUT2D eigenvalue weighted by molar-refractivity contribution is -0.389. The Morgan fingerprint density at radius 2 is 1.78 bits per heavy atom. The van der Waals surface area contributed by atoms with Gasteiger partial charge in [0.2, 0.25) is 0 Å². The Kier molecular flexibility index (Phi) is 8.29. The summed E-state index contributed by atoms with van der Waals surface area (Å²) in [5, 5.41) is 13.7. The quantitative estimate of drug-likeness (QED) is 0.306. The molecule has 0 bridgehead atoms. The van der Waals surface area contributed by atoms with Crippen molar-refractivity contribution in [3.63, 3.8) is 0 Å². The molecule has 0 radical (unpaired) electrons. The Hall–Kier alpha value is -4.32. The maximum Gasteiger partial charge on any atom is 0.414 e. The van der Waals surface area contributed by atoms with Crippen LogP contribution in [0.2, 0.25) is 0 Å². The highest BCUT2D eigenvalue weighted by Crippen LogP contribution is 2.26. The van der Waals surface area contributed by atoms with Gasteiger partial charge in [-0.25, -0.2) is 4.79 Å². The number of nitrogens with one attached hydrogen (secondary N) is 1. The highest BCUT2D eigenvalue weighted by Gasteiger charge is 2.28. The number of piperazine rings is 1. The highest BCUT2D eigenvalue weighted by molar-refractivity contribution is 5.84. The molecule has 1 amide bonds. The fraction of sp³-hybridized carbons (Fsp3) is 0.448. The van der Waals surface area contributed by atoms with Crippen molar-refractivity contribution < 1.29 is 23.9 Å². The van der Waals surface area contributed by atoms with E-state index in [4.69, 9.17) is 14.2 Å². The number of ether oxygens (including phenoxy) is 3. The van der Waals surface area contributed by atoms with E-state index in [-0.39, 0.29) is 17.9 Å². The summed E-state index contributed by atoms with van der Waals surface area (Å²) in [5.74, 6) is 0.543. The Labute approximate surface area is 239 Å². The van der Waals surface area contributed by atoms with Crippen LogP contribution in [0.5, 0.6) is 11.8 Å². The number of benzene rings is 2. The van der Waals surface area contributed by atoms with E-state index in [1.807, 2.05) is 57.2 Å². The molecule has 1 N–H and O–H groups in total. The fourth-order valence-electron chi connectivity index (χ4n) is 4.82. The molecule has 3 aromatic rings. The van der Waals surface area contributed by atoms with Crippen LogP contribution in [0.3, 0.4) is 0 Å². The lowest BCUT2D eigenvalue weighted by Crippen LogP contribution is -2.45. The molecule has 0 unspecified atom stereocenters. The first kappa shape index (κ1) is 28.2. The summed E-state index contributed by atoms with van der Waals surface area (Å²) in [7, 11) is 0. The summed E-state index contributed by atoms with van der Waals surface area (Å²) in [6.45, 7) is 11.1. The van der Waals surface area contributed by atoms with E-state index >= 15 is 0 Å². The summed E-state index contributed by atoms with van der Waals surface area (Å²) in [6, 6.07) is 16.2. The zero-order valence-corrected chi connectivity index (χ0v) is 23.6. The number of carbonyl (C=O) groups is 1. The van der Waals surface area contributed by atoms with Crippen LogP contribution >= 0.6 is 0 Å². The number of hydrogen-bond acceptors (Lipinski definition) is 9. The molecule has 0 saturated carbocycles. The van der Waals surface area contributed by atoms with Crippen molar-refractivity contribution in [3.05, 3.63) is 70.4 Å². The zero-order chi connectivity index (χ0) is 29.0. The predicted molar refractivity (Wildman–Crippen MR) is 154 cm³/mol. The molecule has 1 saturated heterocycles. The van der Waals surface area contributed by atoms with E-state index in [1.54, 1.807) is 4.57 Å². The first-order chi connectivity index (χ1) is 19.6. The molecule has 1 fully saturated rings. The molecule has 2 aliphatic rings. The van der Waals surface area contributed by atoms with Gasteiger partial charge in [-0.05, 0) is 67.7 Å². The van der Waals surface area contributed by atoms with Gasteiger partial charge < -0.3 is 29.2 Å². The standard InChI is InChI=1S/C29H36N6O6/c1-29(2,3)41-28(36)30-22-6-4-21(5-7-22)18-32-14-16-33(17-15-32)23-8-10-24(11-9-23)39-20-25-12-13-34-19-26(35(37)38)31-27(34)40-25/h4-11,19,25H,12-18,20H2,1-3H3,(H,30,36)/t25-/m0/s1. The smallest absolute Gasteiger partial charge is 0.414 e. The van der Waals surface area contributed by atoms with Gasteiger partial charge in [-0.2, -0.15) is 0 Å². The monoisotopic (exact) mass is 564 g/mol. The normalized spacial score (nSPS) is 17.3. The third-order valence-corrected chi connectivity index (χ3v) is 6.89. The number of anilines is 2. The first-order valence-electron chi connectivity index (χ1n) is 13.8. The number of rotatable bonds is 8. The van der Waals surface area contributed by atoms with Crippen molar-refractivity contribution in [1.29, 1.82) is 0 Å². The lowest BCUT2D eigenvalue weighted by Gasteiger charge is -2.36. The molecule has 0 aliphatic carbocycles. The van der Waals surface area contributed by atoms with Gasteiger partial charge in [0, 0.05) is 62.0 Å². The summed E-state index contributed by atoms with van der Waals surface area (Å²) >= 11 is 0. The van der Waals surface area contributed by atoms with Crippen LogP contribution in [0.15, 0.2) is 54.7 Å². The van der Waals surface area contributed by atoms with Crippen molar-refractivity contribution in [1.82, 2.24) is 14.5 Å². The molecule has 0 spiro atoms. The number of amides is 1. The van der Waals surface area contributed by atoms with E-state index in [1.165, 1.54) is 11.8 Å². The minimum atomic E-state index is -0.533. The average Bonchev–Trinajstić information content (AvgIpc) is 3.37. The van der Waals surface area contributed by atoms with Crippen LogP contribution in [0.1, 0.15) is 32.8 Å². The van der Waals surface area contributed by atoms with E-state index in [0.717, 1.165) is 44.2 Å². The SMILES string of the molecule is CC(C)(C)OC(=O)Nc1ccc(CN2CCN(c3ccc(OC[C@@H]4CCn5cc([N+](=O)[O-])nc5O4)cc3)CC2)cc1. The molecule has 218 valence electrons. The molecular weight excluding hydrogens is 528 g/mol. The van der Waals surface area contributed by atoms with Crippen LogP contribution in [0, 0.1) is 10.1 Å². The first-order valence-corrected chi connectivity index (χ1v) is 13.8. The van der Waals surface area contributed by atoms with Crippen LogP contribution in [0.25, 0.3) is 0 Å². The minimum absolute atomic E-state index is 0.207. The van der Waals surface area contributed by atoms with Gasteiger partial charge in [-0.1, -0.05) is 12.1 Å². The molecule has 5 rings (SSSR count). The van der Waals surface area contributed by atoms with E-state index in [9.17, 15) is 14.9 Å². The van der Waals surface area contributed by atoms with Crippen LogP contribution in [-0.2, 0) is 17.8 Å². The Balaban J connectivity index is 1.04. The predicted octanol–water partition coefficient (Wildman–Crippen LogP) is 4.69. The topological polar surface area (TPSA) is 124 Å². The van der Waals surface area contributed by atoms with Gasteiger partial charge in [-0.15, -0.1) is 0 Å². The Bertz CT molecular complexity index is 1340. The molecule has 12 nitrogen and oxygen atoms in total. The highest BCUT2D eigenvalue weighted by atomic mass is 16.6. The van der Waals surface area contributed by atoms with Crippen molar-refractivity contribution in [2.45, 2.75) is 52.0 Å². The molecule has 1 atom stereocenters. The van der Waals surface area contributed by atoms with Gasteiger partial charge in [0.05, 0.1) is 0 Å². The third kappa shape index (κ3) is 7.66. The second-order valence-electron chi connectivity index (χ2n) is 11.3. The average molecular weight is 565 g/mol. The van der Waals surface area contributed by atoms with E-state index < -0.39 is 16.6 Å². The molecule has 41 heavy (non-hydrogen) atoms. The van der Waals surface area contributed by atoms with Crippen molar-refractivity contribution in [2.24, 2.45) is 0 Å². The number of carbonyl (C=O) groups excluding carboxylic acids is 1. The van der Waals surface area contributed by atoms with Gasteiger partial charge in [0.1, 0.15) is 30.3 Å². The number of aromatic nitrogens is 2. The Morgan fingerprint density at radius 1 is 1.07 bits per heavy atom. The third-order valence-electron chi connectivity index (χ3n) is 6.89. The van der Waals surface area contributed by atoms with E-state index in [2.05, 4.69) is 32.2 Å². The van der Waals surface area contributed by atoms with Gasteiger partial charge in [0.25, 0.3) is 0 Å². The summed E-state index contributed by atoms with van der Waals surface area (Å²) in [5.41, 5.74) is 2.52. The number of hydrogen-bond donors (Lipinski definition) is 1. The van der Waals surface area contributed by atoms with Gasteiger partial charge in [0.15, 0.2) is 0 Å². The minimum Gasteiger partial charge on any atom is -0.490 e. The maximum atomic E-state index is 12.0. The molecule has 2 aromatic carbocycles. The fourth-order valence-corrected chi connectivity index (χ4v) is 4.82. The van der Waals surface area contributed by atoms with Crippen molar-refractivity contribution in [3.8, 4) is 11.8 Å². The van der Waals surface area contributed by atoms with Crippen LogP contribution in [-0.4, -0.2) is 70.0 Å². The Morgan fingerprint density at radius 3 is 2.44 bits per heavy atom. The summed E-state index contributed by atoms with van der Waals surface area (Å²) < 4.78 is 18.7. The number of nitro groups is 1. The molecule has 1 aromatic heterocycles. The maximum absolute atomic E-state index is 12.0. The number of aryl methyl sites for hydroxylation is 1. The van der Waals surface area contributed by atoms with Crippen molar-refractivity contribution >= 4 is 23.3 Å². The molecule has 12 heteroatoms. The van der Waals surface area contributed by atoms with E-state index in [0.29, 0.717) is 25.3 Å². The second kappa shape index (κ2) is 12.0. The second-order valence-corrected chi connectivity index (χ2v) is 11.3. The number of fused-ring (bicyclic) bond motifs is 1. The number of imidazole rings is 1. The molecular formula is C29H36N6O6. The van der Waals surface area contributed by atoms with Crippen LogP contribution in [0.4, 0.5) is 22.0 Å². The largest absolute Gasteiger partial charge is 0.490 e. The molecule has 3 heterocycles. The van der Waals surface area contributed by atoms with Gasteiger partial charge in [-0.3, -0.25) is 14.8 Å². The van der Waals surface area contributed by atoms with Crippen LogP contribution < -0.4 is 19.7 Å².